The van der Waals surface area contributed by atoms with Crippen molar-refractivity contribution in [2.75, 3.05) is 6.54 Å². The quantitative estimate of drug-likeness (QED) is 0.476. The Labute approximate surface area is 75.8 Å². The van der Waals surface area contributed by atoms with Gasteiger partial charge < -0.3 is 5.32 Å². The Balaban J connectivity index is 4.00. The zero-order chi connectivity index (χ0) is 9.61. The first kappa shape index (κ1) is 11.4. The Kier molecular flexibility index (Phi) is 4.83. The molecule has 0 amide bonds. The van der Waals surface area contributed by atoms with E-state index in [0.29, 0.717) is 6.04 Å². The molecule has 0 aliphatic carbocycles. The van der Waals surface area contributed by atoms with Gasteiger partial charge in [-0.15, -0.1) is 6.58 Å². The van der Waals surface area contributed by atoms with Crippen LogP contribution in [0, 0.1) is 0 Å². The zero-order valence-corrected chi connectivity index (χ0v) is 8.43. The van der Waals surface area contributed by atoms with E-state index in [9.17, 15) is 0 Å². The predicted molar refractivity (Wildman–Crippen MR) is 55.9 cm³/mol. The molecular weight excluding hydrogens is 148 g/mol. The molecule has 0 radical (unpaired) electrons. The van der Waals surface area contributed by atoms with E-state index in [2.05, 4.69) is 44.4 Å². The number of hydrogen-bond acceptors (Lipinski definition) is 2. The lowest BCUT2D eigenvalue weighted by atomic mass is 9.98. The van der Waals surface area contributed by atoms with E-state index in [1.807, 2.05) is 6.08 Å². The smallest absolute Gasteiger partial charge is 0.0533 e. The molecular formula is C10H20N2. The minimum atomic E-state index is 0.0319. The van der Waals surface area contributed by atoms with Crippen LogP contribution in [0.1, 0.15) is 27.2 Å². The Morgan fingerprint density at radius 2 is 2.25 bits per heavy atom. The van der Waals surface area contributed by atoms with Crippen LogP contribution in [0.25, 0.3) is 0 Å². The maximum absolute atomic E-state index is 3.84. The topological polar surface area (TPSA) is 24.4 Å². The molecule has 0 fully saturated rings. The van der Waals surface area contributed by atoms with Gasteiger partial charge in [-0.3, -0.25) is 4.99 Å². The molecule has 2 atom stereocenters. The summed E-state index contributed by atoms with van der Waals surface area (Å²) in [6.45, 7) is 14.4. The van der Waals surface area contributed by atoms with E-state index in [4.69, 9.17) is 0 Å². The third kappa shape index (κ3) is 3.67. The third-order valence-corrected chi connectivity index (χ3v) is 2.16. The highest BCUT2D eigenvalue weighted by atomic mass is 15.0. The molecule has 2 unspecified atom stereocenters. The van der Waals surface area contributed by atoms with Crippen LogP contribution < -0.4 is 5.32 Å². The van der Waals surface area contributed by atoms with Gasteiger partial charge in [0, 0.05) is 11.6 Å². The second-order valence-corrected chi connectivity index (χ2v) is 3.43. The molecule has 0 aromatic carbocycles. The van der Waals surface area contributed by atoms with Crippen LogP contribution in [-0.4, -0.2) is 24.8 Å². The molecule has 0 saturated carbocycles. The predicted octanol–water partition coefficient (Wildman–Crippen LogP) is 2.02. The number of nitrogens with one attached hydrogen (secondary N) is 1. The molecule has 0 aromatic rings. The molecule has 0 spiro atoms. The SMILES string of the molecule is C=CC(C)(CC)NC(C)CN=C. The summed E-state index contributed by atoms with van der Waals surface area (Å²) in [6, 6.07) is 0.366. The Hall–Kier alpha value is -0.630. The molecule has 0 heterocycles. The van der Waals surface area contributed by atoms with Crippen molar-refractivity contribution >= 4 is 6.72 Å². The fourth-order valence-corrected chi connectivity index (χ4v) is 1.11. The van der Waals surface area contributed by atoms with E-state index >= 15 is 0 Å². The van der Waals surface area contributed by atoms with Gasteiger partial charge in [0.1, 0.15) is 0 Å². The molecule has 0 aliphatic rings. The number of nitrogens with zero attached hydrogens (tertiary/aromatic N) is 1. The summed E-state index contributed by atoms with van der Waals surface area (Å²) < 4.78 is 0. The van der Waals surface area contributed by atoms with Crippen molar-refractivity contribution in [3.8, 4) is 0 Å². The number of hydrogen-bond donors (Lipinski definition) is 1. The summed E-state index contributed by atoms with van der Waals surface area (Å²) in [6.07, 6.45) is 2.99. The van der Waals surface area contributed by atoms with E-state index in [0.717, 1.165) is 13.0 Å². The van der Waals surface area contributed by atoms with Crippen molar-refractivity contribution in [1.29, 1.82) is 0 Å². The molecule has 0 rings (SSSR count). The Morgan fingerprint density at radius 1 is 1.67 bits per heavy atom. The third-order valence-electron chi connectivity index (χ3n) is 2.16. The molecule has 1 N–H and O–H groups in total. The second kappa shape index (κ2) is 5.09. The summed E-state index contributed by atoms with van der Waals surface area (Å²) in [5, 5.41) is 3.44. The van der Waals surface area contributed by atoms with Crippen molar-refractivity contribution in [2.24, 2.45) is 4.99 Å². The first-order chi connectivity index (χ1) is 5.58. The summed E-state index contributed by atoms with van der Waals surface area (Å²) in [4.78, 5) is 3.84. The maximum Gasteiger partial charge on any atom is 0.0533 e. The zero-order valence-electron chi connectivity index (χ0n) is 8.43. The van der Waals surface area contributed by atoms with Crippen LogP contribution in [0.4, 0.5) is 0 Å². The average Bonchev–Trinajstić information content (AvgIpc) is 2.05. The highest BCUT2D eigenvalue weighted by molar-refractivity contribution is 5.23. The van der Waals surface area contributed by atoms with Gasteiger partial charge in [0.15, 0.2) is 0 Å². The van der Waals surface area contributed by atoms with Crippen molar-refractivity contribution < 1.29 is 0 Å². The number of rotatable bonds is 6. The molecule has 0 aliphatic heterocycles. The number of aliphatic imine (C=N–C) groups is 1. The summed E-state index contributed by atoms with van der Waals surface area (Å²) in [5.74, 6) is 0. The van der Waals surface area contributed by atoms with Gasteiger partial charge in [0.05, 0.1) is 6.54 Å². The van der Waals surface area contributed by atoms with Gasteiger partial charge in [-0.25, -0.2) is 0 Å². The van der Waals surface area contributed by atoms with Crippen molar-refractivity contribution in [1.82, 2.24) is 5.32 Å². The van der Waals surface area contributed by atoms with Gasteiger partial charge in [-0.05, 0) is 27.0 Å². The summed E-state index contributed by atoms with van der Waals surface area (Å²) in [5.41, 5.74) is 0.0319. The van der Waals surface area contributed by atoms with Crippen LogP contribution >= 0.6 is 0 Å². The maximum atomic E-state index is 3.84. The van der Waals surface area contributed by atoms with Gasteiger partial charge >= 0.3 is 0 Å². The molecule has 2 nitrogen and oxygen atoms in total. The molecule has 0 saturated heterocycles. The van der Waals surface area contributed by atoms with Crippen LogP contribution in [0.3, 0.4) is 0 Å². The minimum Gasteiger partial charge on any atom is -0.304 e. The van der Waals surface area contributed by atoms with E-state index in [1.54, 1.807) is 0 Å². The molecule has 2 heteroatoms. The molecule has 0 bridgehead atoms. The van der Waals surface area contributed by atoms with Gasteiger partial charge in [-0.2, -0.15) is 0 Å². The largest absolute Gasteiger partial charge is 0.304 e. The van der Waals surface area contributed by atoms with E-state index in [1.165, 1.54) is 0 Å². The molecule has 12 heavy (non-hydrogen) atoms. The van der Waals surface area contributed by atoms with Crippen LogP contribution in [0.2, 0.25) is 0 Å². The highest BCUT2D eigenvalue weighted by Crippen LogP contribution is 2.10. The Morgan fingerprint density at radius 3 is 2.58 bits per heavy atom. The fourth-order valence-electron chi connectivity index (χ4n) is 1.11. The monoisotopic (exact) mass is 168 g/mol. The normalized spacial score (nSPS) is 17.9. The van der Waals surface area contributed by atoms with Gasteiger partial charge in [0.2, 0.25) is 0 Å². The van der Waals surface area contributed by atoms with Gasteiger partial charge in [0.25, 0.3) is 0 Å². The van der Waals surface area contributed by atoms with Crippen LogP contribution in [-0.2, 0) is 0 Å². The average molecular weight is 168 g/mol. The summed E-state index contributed by atoms with van der Waals surface area (Å²) >= 11 is 0. The van der Waals surface area contributed by atoms with Crippen molar-refractivity contribution in [3.05, 3.63) is 12.7 Å². The fraction of sp³-hybridized carbons (Fsp3) is 0.700. The first-order valence-corrected chi connectivity index (χ1v) is 4.41. The minimum absolute atomic E-state index is 0.0319. The van der Waals surface area contributed by atoms with E-state index < -0.39 is 0 Å². The summed E-state index contributed by atoms with van der Waals surface area (Å²) in [7, 11) is 0. The second-order valence-electron chi connectivity index (χ2n) is 3.43. The molecule has 0 aromatic heterocycles. The Bertz CT molecular complexity index is 154. The lowest BCUT2D eigenvalue weighted by Crippen LogP contribution is -2.46. The standard InChI is InChI=1S/C10H20N2/c1-6-10(4,7-2)12-9(3)8-11-5/h6,9,12H,1,5,7-8H2,2-4H3. The van der Waals surface area contributed by atoms with E-state index in [-0.39, 0.29) is 5.54 Å². The van der Waals surface area contributed by atoms with Crippen molar-refractivity contribution in [2.45, 2.75) is 38.8 Å². The lowest BCUT2D eigenvalue weighted by molar-refractivity contribution is 0.377. The van der Waals surface area contributed by atoms with Gasteiger partial charge in [-0.1, -0.05) is 13.0 Å². The highest BCUT2D eigenvalue weighted by Gasteiger charge is 2.18. The van der Waals surface area contributed by atoms with Crippen LogP contribution in [0.15, 0.2) is 17.6 Å². The van der Waals surface area contributed by atoms with Crippen molar-refractivity contribution in [3.63, 3.8) is 0 Å². The van der Waals surface area contributed by atoms with Crippen LogP contribution in [0.5, 0.6) is 0 Å². The lowest BCUT2D eigenvalue weighted by Gasteiger charge is -2.29. The molecule has 70 valence electrons. The first-order valence-electron chi connectivity index (χ1n) is 4.41.